The summed E-state index contributed by atoms with van der Waals surface area (Å²) in [6, 6.07) is 7.86. The van der Waals surface area contributed by atoms with Gasteiger partial charge in [0.15, 0.2) is 0 Å². The molecule has 0 atom stereocenters. The van der Waals surface area contributed by atoms with Crippen LogP contribution in [0, 0.1) is 0 Å². The molecule has 20 heavy (non-hydrogen) atoms. The number of benzene rings is 1. The van der Waals surface area contributed by atoms with Gasteiger partial charge in [-0.25, -0.2) is 0 Å². The van der Waals surface area contributed by atoms with Crippen LogP contribution in [0.5, 0.6) is 0 Å². The Morgan fingerprint density at radius 3 is 2.55 bits per heavy atom. The number of thioether (sulfide) groups is 1. The summed E-state index contributed by atoms with van der Waals surface area (Å²) in [5.74, 6) is 0.956. The Bertz CT molecular complexity index is 431. The van der Waals surface area contributed by atoms with E-state index in [0.717, 1.165) is 24.3 Å². The smallest absolute Gasteiger partial charge is 0.305 e. The lowest BCUT2D eigenvalue weighted by atomic mass is 10.1. The lowest BCUT2D eigenvalue weighted by Gasteiger charge is -2.06. The molecule has 0 aliphatic rings. The number of hydrogen-bond donors (Lipinski definition) is 1. The number of esters is 1. The molecule has 1 aromatic rings. The largest absolute Gasteiger partial charge is 0.469 e. The van der Waals surface area contributed by atoms with Crippen LogP contribution >= 0.6 is 11.8 Å². The second-order valence-electron chi connectivity index (χ2n) is 4.33. The summed E-state index contributed by atoms with van der Waals surface area (Å²) in [4.78, 5) is 22.6. The molecule has 1 rings (SSSR count). The number of amides is 1. The Hall–Kier alpha value is -1.49. The third kappa shape index (κ3) is 6.61. The highest BCUT2D eigenvalue weighted by Crippen LogP contribution is 2.11. The normalized spacial score (nSPS) is 10.1. The Labute approximate surface area is 124 Å². The predicted molar refractivity (Wildman–Crippen MR) is 83.0 cm³/mol. The fraction of sp³-hybridized carbons (Fsp3) is 0.467. The minimum absolute atomic E-state index is 0.0164. The van der Waals surface area contributed by atoms with Crippen LogP contribution in [0.1, 0.15) is 25.3 Å². The van der Waals surface area contributed by atoms with Gasteiger partial charge in [-0.3, -0.25) is 9.59 Å². The first-order valence-electron chi connectivity index (χ1n) is 6.69. The van der Waals surface area contributed by atoms with Crippen LogP contribution < -0.4 is 5.32 Å². The van der Waals surface area contributed by atoms with Crippen molar-refractivity contribution in [2.75, 3.05) is 23.9 Å². The summed E-state index contributed by atoms with van der Waals surface area (Å²) in [6.07, 6.45) is 2.13. The molecule has 0 spiro atoms. The quantitative estimate of drug-likeness (QED) is 0.592. The molecule has 1 amide bonds. The third-order valence-electron chi connectivity index (χ3n) is 2.78. The second kappa shape index (κ2) is 9.42. The summed E-state index contributed by atoms with van der Waals surface area (Å²) in [5.41, 5.74) is 2.07. The van der Waals surface area contributed by atoms with Gasteiger partial charge in [0.2, 0.25) is 5.91 Å². The second-order valence-corrected chi connectivity index (χ2v) is 5.44. The molecule has 0 radical (unpaired) electrons. The zero-order chi connectivity index (χ0) is 14.8. The monoisotopic (exact) mass is 295 g/mol. The molecule has 0 saturated heterocycles. The maximum absolute atomic E-state index is 11.7. The van der Waals surface area contributed by atoms with E-state index in [2.05, 4.69) is 17.0 Å². The maximum Gasteiger partial charge on any atom is 0.305 e. The van der Waals surface area contributed by atoms with Crippen molar-refractivity contribution in [2.24, 2.45) is 0 Å². The van der Waals surface area contributed by atoms with Crippen LogP contribution in [0.15, 0.2) is 24.3 Å². The zero-order valence-electron chi connectivity index (χ0n) is 12.0. The number of carbonyl (C=O) groups excluding carboxylic acids is 2. The number of ether oxygens (including phenoxy) is 1. The van der Waals surface area contributed by atoms with Crippen LogP contribution in [0.4, 0.5) is 5.69 Å². The van der Waals surface area contributed by atoms with Crippen molar-refractivity contribution in [3.05, 3.63) is 29.8 Å². The molecule has 1 aromatic carbocycles. The molecule has 0 unspecified atom stereocenters. The van der Waals surface area contributed by atoms with E-state index in [9.17, 15) is 9.59 Å². The van der Waals surface area contributed by atoms with Crippen molar-refractivity contribution in [3.8, 4) is 0 Å². The number of nitrogens with one attached hydrogen (secondary N) is 1. The lowest BCUT2D eigenvalue weighted by molar-refractivity contribution is -0.140. The van der Waals surface area contributed by atoms with E-state index >= 15 is 0 Å². The van der Waals surface area contributed by atoms with Crippen LogP contribution in [0.2, 0.25) is 0 Å². The number of hydrogen-bond acceptors (Lipinski definition) is 4. The van der Waals surface area contributed by atoms with E-state index in [4.69, 9.17) is 0 Å². The molecule has 4 nitrogen and oxygen atoms in total. The van der Waals surface area contributed by atoms with Crippen molar-refractivity contribution < 1.29 is 14.3 Å². The average Bonchev–Trinajstić information content (AvgIpc) is 2.47. The summed E-state index contributed by atoms with van der Waals surface area (Å²) in [5, 5.41) is 2.85. The molecule has 0 saturated carbocycles. The summed E-state index contributed by atoms with van der Waals surface area (Å²) in [7, 11) is 1.38. The van der Waals surface area contributed by atoms with Crippen molar-refractivity contribution in [3.63, 3.8) is 0 Å². The van der Waals surface area contributed by atoms with Crippen LogP contribution in [0.3, 0.4) is 0 Å². The molecule has 0 aliphatic carbocycles. The van der Waals surface area contributed by atoms with Gasteiger partial charge >= 0.3 is 5.97 Å². The first kappa shape index (κ1) is 16.6. The number of rotatable bonds is 8. The van der Waals surface area contributed by atoms with Crippen LogP contribution in [-0.2, 0) is 20.7 Å². The van der Waals surface area contributed by atoms with Crippen LogP contribution in [-0.4, -0.2) is 30.5 Å². The number of carbonyl (C=O) groups is 2. The van der Waals surface area contributed by atoms with E-state index in [0.29, 0.717) is 12.2 Å². The summed E-state index contributed by atoms with van der Waals surface area (Å²) in [6.45, 7) is 2.10. The van der Waals surface area contributed by atoms with Gasteiger partial charge in [-0.05, 0) is 36.3 Å². The Morgan fingerprint density at radius 2 is 1.95 bits per heavy atom. The van der Waals surface area contributed by atoms with Gasteiger partial charge in [0.05, 0.1) is 12.9 Å². The molecule has 110 valence electrons. The SMILES string of the molecule is CCc1ccc(NC(=O)CSCCCC(=O)OC)cc1. The van der Waals surface area contributed by atoms with Gasteiger partial charge in [0, 0.05) is 12.1 Å². The Kier molecular flexibility index (Phi) is 7.80. The molecule has 0 fully saturated rings. The molecule has 0 aliphatic heterocycles. The highest BCUT2D eigenvalue weighted by atomic mass is 32.2. The van der Waals surface area contributed by atoms with Gasteiger partial charge in [-0.15, -0.1) is 0 Å². The third-order valence-corrected chi connectivity index (χ3v) is 3.82. The summed E-state index contributed by atoms with van der Waals surface area (Å²) >= 11 is 1.52. The molecule has 0 aromatic heterocycles. The number of anilines is 1. The summed E-state index contributed by atoms with van der Waals surface area (Å²) < 4.78 is 4.55. The molecule has 5 heteroatoms. The first-order valence-corrected chi connectivity index (χ1v) is 7.84. The fourth-order valence-corrected chi connectivity index (χ4v) is 2.36. The number of methoxy groups -OCH3 is 1. The van der Waals surface area contributed by atoms with E-state index in [-0.39, 0.29) is 11.9 Å². The number of aryl methyl sites for hydroxylation is 1. The van der Waals surface area contributed by atoms with Gasteiger partial charge in [-0.2, -0.15) is 11.8 Å². The van der Waals surface area contributed by atoms with Gasteiger partial charge in [0.25, 0.3) is 0 Å². The van der Waals surface area contributed by atoms with Crippen molar-refractivity contribution in [2.45, 2.75) is 26.2 Å². The topological polar surface area (TPSA) is 55.4 Å². The Balaban J connectivity index is 2.18. The molecular weight excluding hydrogens is 274 g/mol. The Morgan fingerprint density at radius 1 is 1.25 bits per heavy atom. The first-order chi connectivity index (χ1) is 9.65. The lowest BCUT2D eigenvalue weighted by Crippen LogP contribution is -2.14. The standard InChI is InChI=1S/C15H21NO3S/c1-3-12-6-8-13(9-7-12)16-14(17)11-20-10-4-5-15(18)19-2/h6-9H,3-5,10-11H2,1-2H3,(H,16,17). The van der Waals surface area contributed by atoms with Gasteiger partial charge in [0.1, 0.15) is 0 Å². The highest BCUT2D eigenvalue weighted by Gasteiger charge is 2.04. The van der Waals surface area contributed by atoms with E-state index in [1.165, 1.54) is 24.4 Å². The minimum Gasteiger partial charge on any atom is -0.469 e. The van der Waals surface area contributed by atoms with E-state index in [1.807, 2.05) is 24.3 Å². The maximum atomic E-state index is 11.7. The van der Waals surface area contributed by atoms with E-state index < -0.39 is 0 Å². The van der Waals surface area contributed by atoms with Crippen molar-refractivity contribution in [1.82, 2.24) is 0 Å². The van der Waals surface area contributed by atoms with Crippen LogP contribution in [0.25, 0.3) is 0 Å². The van der Waals surface area contributed by atoms with Gasteiger partial charge in [-0.1, -0.05) is 19.1 Å². The van der Waals surface area contributed by atoms with Gasteiger partial charge < -0.3 is 10.1 Å². The average molecular weight is 295 g/mol. The predicted octanol–water partition coefficient (Wildman–Crippen LogP) is 2.87. The zero-order valence-corrected chi connectivity index (χ0v) is 12.8. The van der Waals surface area contributed by atoms with Crippen molar-refractivity contribution in [1.29, 1.82) is 0 Å². The molecule has 0 heterocycles. The van der Waals surface area contributed by atoms with Crippen molar-refractivity contribution >= 4 is 29.3 Å². The molecule has 1 N–H and O–H groups in total. The minimum atomic E-state index is -0.203. The molecule has 0 bridgehead atoms. The fourth-order valence-electron chi connectivity index (χ4n) is 1.61. The highest BCUT2D eigenvalue weighted by molar-refractivity contribution is 7.99. The van der Waals surface area contributed by atoms with E-state index in [1.54, 1.807) is 0 Å². The molecular formula is C15H21NO3S.